The smallest absolute Gasteiger partial charge is 0.253 e. The molecule has 2 heterocycles. The van der Waals surface area contributed by atoms with Gasteiger partial charge in [0, 0.05) is 16.9 Å². The quantitative estimate of drug-likeness (QED) is 0.370. The molecule has 0 fully saturated rings. The molecule has 0 saturated carbocycles. The summed E-state index contributed by atoms with van der Waals surface area (Å²) in [7, 11) is 0. The van der Waals surface area contributed by atoms with Crippen LogP contribution < -0.4 is 10.6 Å². The zero-order chi connectivity index (χ0) is 24.1. The van der Waals surface area contributed by atoms with Crippen LogP contribution in [0.2, 0.25) is 10.0 Å². The molecule has 8 nitrogen and oxygen atoms in total. The number of carbonyl (C=O) groups is 2. The lowest BCUT2D eigenvalue weighted by Crippen LogP contribution is -2.34. The zero-order valence-corrected chi connectivity index (χ0v) is 21.7. The first kappa shape index (κ1) is 25.5. The summed E-state index contributed by atoms with van der Waals surface area (Å²) in [5.41, 5.74) is 1.19. The highest BCUT2D eigenvalue weighted by atomic mass is 35.5. The molecule has 0 radical (unpaired) electrons. The predicted octanol–water partition coefficient (Wildman–Crippen LogP) is 5.23. The van der Waals surface area contributed by atoms with E-state index in [9.17, 15) is 9.59 Å². The van der Waals surface area contributed by atoms with Crippen molar-refractivity contribution in [2.45, 2.75) is 45.4 Å². The van der Waals surface area contributed by atoms with Gasteiger partial charge >= 0.3 is 0 Å². The van der Waals surface area contributed by atoms with Crippen molar-refractivity contribution < 1.29 is 9.59 Å². The summed E-state index contributed by atoms with van der Waals surface area (Å²) in [6, 6.07) is 4.34. The number of carbonyl (C=O) groups excluding carboxylic acids is 2. The molecule has 1 atom stereocenters. The fourth-order valence-electron chi connectivity index (χ4n) is 3.05. The van der Waals surface area contributed by atoms with Gasteiger partial charge in [-0.1, -0.05) is 48.8 Å². The second-order valence-electron chi connectivity index (χ2n) is 7.54. The van der Waals surface area contributed by atoms with Gasteiger partial charge in [0.25, 0.3) is 5.91 Å². The fourth-order valence-corrected chi connectivity index (χ4v) is 5.06. The topological polar surface area (TPSA) is 102 Å². The maximum Gasteiger partial charge on any atom is 0.253 e. The second-order valence-corrected chi connectivity index (χ2v) is 10.2. The number of amides is 2. The molecule has 33 heavy (non-hydrogen) atoms. The van der Waals surface area contributed by atoms with Crippen molar-refractivity contribution in [2.75, 3.05) is 11.1 Å². The molecular weight excluding hydrogens is 503 g/mol. The highest BCUT2D eigenvalue weighted by Crippen LogP contribution is 2.27. The number of thioether (sulfide) groups is 1. The Labute approximate surface area is 210 Å². The average molecular weight is 528 g/mol. The number of hydrogen-bond acceptors (Lipinski definition) is 7. The Hall–Kier alpha value is -2.14. The number of nitrogens with zero attached hydrogens (tertiary/aromatic N) is 4. The molecule has 1 aromatic carbocycles. The fraction of sp³-hybridized carbons (Fsp3) is 0.381. The van der Waals surface area contributed by atoms with Crippen LogP contribution in [0.15, 0.2) is 28.7 Å². The van der Waals surface area contributed by atoms with E-state index in [1.165, 1.54) is 29.2 Å². The van der Waals surface area contributed by atoms with E-state index in [0.717, 1.165) is 5.69 Å². The van der Waals surface area contributed by atoms with Crippen LogP contribution in [0.1, 0.15) is 48.7 Å². The largest absolute Gasteiger partial charge is 0.342 e. The highest BCUT2D eigenvalue weighted by Gasteiger charge is 2.27. The first-order chi connectivity index (χ1) is 15.7. The van der Waals surface area contributed by atoms with Crippen molar-refractivity contribution in [2.24, 2.45) is 5.92 Å². The number of rotatable bonds is 9. The Morgan fingerprint density at radius 3 is 2.61 bits per heavy atom. The number of halogens is 2. The van der Waals surface area contributed by atoms with Crippen molar-refractivity contribution in [3.63, 3.8) is 0 Å². The molecule has 2 aromatic heterocycles. The van der Waals surface area contributed by atoms with Gasteiger partial charge < -0.3 is 15.2 Å². The zero-order valence-electron chi connectivity index (χ0n) is 18.6. The molecular formula is C21H24Cl2N6O2S2. The standard InChI is InChI=1S/C21H24Cl2N6O2S2/c1-5-29-18(17(11(2)3)26-19(31)14-7-6-13(22)8-15(14)23)27-28-21(29)33-10-16(30)25-20-24-12(4)9-32-20/h6-9,11,17H,5,10H2,1-4H3,(H,26,31)(H,24,25,30)/t17-/m0/s1. The summed E-state index contributed by atoms with van der Waals surface area (Å²) in [5.74, 6) is 0.310. The minimum Gasteiger partial charge on any atom is -0.342 e. The molecule has 2 N–H and O–H groups in total. The summed E-state index contributed by atoms with van der Waals surface area (Å²) in [5, 5.41) is 18.2. The second kappa shape index (κ2) is 11.3. The SMILES string of the molecule is CCn1c(SCC(=O)Nc2nc(C)cs2)nnc1[C@@H](NC(=O)c1ccc(Cl)cc1Cl)C(C)C. The first-order valence-electron chi connectivity index (χ1n) is 10.2. The van der Waals surface area contributed by atoms with Crippen molar-refractivity contribution in [1.82, 2.24) is 25.1 Å². The van der Waals surface area contributed by atoms with Crippen LogP contribution >= 0.6 is 46.3 Å². The summed E-state index contributed by atoms with van der Waals surface area (Å²) < 4.78 is 1.90. The Kier molecular flexibility index (Phi) is 8.75. The van der Waals surface area contributed by atoms with Crippen molar-refractivity contribution >= 4 is 63.2 Å². The number of nitrogens with one attached hydrogen (secondary N) is 2. The number of hydrogen-bond donors (Lipinski definition) is 2. The molecule has 2 amide bonds. The van der Waals surface area contributed by atoms with E-state index in [1.54, 1.807) is 12.1 Å². The predicted molar refractivity (Wildman–Crippen MR) is 133 cm³/mol. The molecule has 0 unspecified atom stereocenters. The van der Waals surface area contributed by atoms with Crippen molar-refractivity contribution in [3.05, 3.63) is 50.7 Å². The van der Waals surface area contributed by atoms with Gasteiger partial charge in [-0.15, -0.1) is 21.5 Å². The van der Waals surface area contributed by atoms with Gasteiger partial charge in [0.2, 0.25) is 5.91 Å². The van der Waals surface area contributed by atoms with Gasteiger partial charge in [-0.05, 0) is 38.0 Å². The number of aryl methyl sites for hydroxylation is 1. The van der Waals surface area contributed by atoms with Gasteiger partial charge in [-0.3, -0.25) is 9.59 Å². The van der Waals surface area contributed by atoms with E-state index in [0.29, 0.717) is 33.2 Å². The third kappa shape index (κ3) is 6.47. The normalized spacial score (nSPS) is 12.1. The average Bonchev–Trinajstić information content (AvgIpc) is 3.35. The molecule has 176 valence electrons. The minimum absolute atomic E-state index is 0.0313. The number of aromatic nitrogens is 4. The van der Waals surface area contributed by atoms with Crippen LogP contribution in [-0.2, 0) is 11.3 Å². The molecule has 12 heteroatoms. The summed E-state index contributed by atoms with van der Waals surface area (Å²) in [6.07, 6.45) is 0. The van der Waals surface area contributed by atoms with Crippen LogP contribution in [0.5, 0.6) is 0 Å². The monoisotopic (exact) mass is 526 g/mol. The van der Waals surface area contributed by atoms with E-state index in [4.69, 9.17) is 23.2 Å². The molecule has 3 rings (SSSR count). The molecule has 3 aromatic rings. The van der Waals surface area contributed by atoms with Gasteiger partial charge in [-0.25, -0.2) is 4.98 Å². The molecule has 0 saturated heterocycles. The summed E-state index contributed by atoms with van der Waals surface area (Å²) >= 11 is 14.8. The maximum absolute atomic E-state index is 12.9. The van der Waals surface area contributed by atoms with Crippen LogP contribution in [0, 0.1) is 12.8 Å². The summed E-state index contributed by atoms with van der Waals surface area (Å²) in [4.78, 5) is 29.4. The number of benzene rings is 1. The number of thiazole rings is 1. The lowest BCUT2D eigenvalue weighted by atomic mass is 10.0. The van der Waals surface area contributed by atoms with E-state index in [-0.39, 0.29) is 28.5 Å². The molecule has 0 spiro atoms. The molecule has 0 bridgehead atoms. The first-order valence-corrected chi connectivity index (χ1v) is 12.9. The maximum atomic E-state index is 12.9. The lowest BCUT2D eigenvalue weighted by Gasteiger charge is -2.22. The third-order valence-corrected chi connectivity index (χ3v) is 7.06. The van der Waals surface area contributed by atoms with Gasteiger partial charge in [-0.2, -0.15) is 0 Å². The Balaban J connectivity index is 1.73. The van der Waals surface area contributed by atoms with Crippen LogP contribution in [-0.4, -0.2) is 37.3 Å². The van der Waals surface area contributed by atoms with E-state index in [1.807, 2.05) is 37.6 Å². The van der Waals surface area contributed by atoms with Crippen molar-refractivity contribution in [1.29, 1.82) is 0 Å². The van der Waals surface area contributed by atoms with E-state index in [2.05, 4.69) is 25.8 Å². The Bertz CT molecular complexity index is 1150. The minimum atomic E-state index is -0.404. The van der Waals surface area contributed by atoms with Crippen LogP contribution in [0.3, 0.4) is 0 Å². The van der Waals surface area contributed by atoms with Gasteiger partial charge in [0.15, 0.2) is 16.1 Å². The highest BCUT2D eigenvalue weighted by molar-refractivity contribution is 7.99. The number of anilines is 1. The summed E-state index contributed by atoms with van der Waals surface area (Å²) in [6.45, 7) is 8.39. The van der Waals surface area contributed by atoms with E-state index < -0.39 is 6.04 Å². The van der Waals surface area contributed by atoms with Crippen molar-refractivity contribution in [3.8, 4) is 0 Å². The van der Waals surface area contributed by atoms with E-state index >= 15 is 0 Å². The Morgan fingerprint density at radius 1 is 1.24 bits per heavy atom. The third-order valence-electron chi connectivity index (χ3n) is 4.67. The molecule has 0 aliphatic heterocycles. The molecule has 0 aliphatic carbocycles. The molecule has 0 aliphatic rings. The lowest BCUT2D eigenvalue weighted by molar-refractivity contribution is -0.113. The van der Waals surface area contributed by atoms with Gasteiger partial charge in [0.1, 0.15) is 0 Å². The van der Waals surface area contributed by atoms with Crippen LogP contribution in [0.4, 0.5) is 5.13 Å². The van der Waals surface area contributed by atoms with Crippen LogP contribution in [0.25, 0.3) is 0 Å². The Morgan fingerprint density at radius 2 is 2.00 bits per heavy atom. The van der Waals surface area contributed by atoms with Gasteiger partial charge in [0.05, 0.1) is 28.1 Å².